The van der Waals surface area contributed by atoms with E-state index in [4.69, 9.17) is 28.9 Å². The van der Waals surface area contributed by atoms with E-state index in [1.165, 1.54) is 18.2 Å². The molecule has 21 heavy (non-hydrogen) atoms. The van der Waals surface area contributed by atoms with Crippen LogP contribution in [0, 0.1) is 5.92 Å². The molecule has 0 bridgehead atoms. The second-order valence-electron chi connectivity index (χ2n) is 5.08. The smallest absolute Gasteiger partial charge is 0.240 e. The highest BCUT2D eigenvalue weighted by atomic mass is 35.5. The zero-order chi connectivity index (χ0) is 14.8. The van der Waals surface area contributed by atoms with Crippen LogP contribution in [0.2, 0.25) is 10.0 Å². The molecular weight excluding hydrogens is 355 g/mol. The molecule has 2 rings (SSSR count). The molecule has 2 unspecified atom stereocenters. The molecule has 0 spiro atoms. The summed E-state index contributed by atoms with van der Waals surface area (Å²) in [5, 5.41) is 0.566. The number of rotatable bonds is 4. The molecule has 0 amide bonds. The van der Waals surface area contributed by atoms with E-state index in [-0.39, 0.29) is 34.3 Å². The molecule has 0 saturated heterocycles. The molecule has 1 aromatic carbocycles. The summed E-state index contributed by atoms with van der Waals surface area (Å²) in [6, 6.07) is 4.21. The molecule has 8 heteroatoms. The standard InChI is InChI=1S/C13H18Cl2N2O2S.ClH/c14-11-6-5-10(7-12(11)15)20(18,19)17-13-4-2-1-3-9(13)8-16;/h5-7,9,13,17H,1-4,8,16H2;1H. The van der Waals surface area contributed by atoms with Crippen molar-refractivity contribution in [1.29, 1.82) is 0 Å². The van der Waals surface area contributed by atoms with Gasteiger partial charge in [0.25, 0.3) is 0 Å². The maximum atomic E-state index is 12.4. The van der Waals surface area contributed by atoms with Gasteiger partial charge in [-0.2, -0.15) is 0 Å². The van der Waals surface area contributed by atoms with Gasteiger partial charge < -0.3 is 5.73 Å². The SMILES string of the molecule is Cl.NCC1CCCCC1NS(=O)(=O)c1ccc(Cl)c(Cl)c1. The Hall–Kier alpha value is -0.0400. The maximum Gasteiger partial charge on any atom is 0.240 e. The minimum absolute atomic E-state index is 0. The number of sulfonamides is 1. The summed E-state index contributed by atoms with van der Waals surface area (Å²) in [7, 11) is -3.59. The van der Waals surface area contributed by atoms with Gasteiger partial charge >= 0.3 is 0 Å². The fraction of sp³-hybridized carbons (Fsp3) is 0.538. The average Bonchev–Trinajstić information content (AvgIpc) is 2.42. The lowest BCUT2D eigenvalue weighted by molar-refractivity contribution is 0.296. The summed E-state index contributed by atoms with van der Waals surface area (Å²) in [5.41, 5.74) is 5.72. The Morgan fingerprint density at radius 1 is 1.19 bits per heavy atom. The molecule has 120 valence electrons. The highest BCUT2D eigenvalue weighted by Crippen LogP contribution is 2.27. The Balaban J connectivity index is 0.00000220. The van der Waals surface area contributed by atoms with Crippen LogP contribution >= 0.6 is 35.6 Å². The van der Waals surface area contributed by atoms with E-state index >= 15 is 0 Å². The molecule has 1 fully saturated rings. The third-order valence-electron chi connectivity index (χ3n) is 3.72. The van der Waals surface area contributed by atoms with Crippen molar-refractivity contribution >= 4 is 45.6 Å². The van der Waals surface area contributed by atoms with Crippen molar-refractivity contribution in [3.8, 4) is 0 Å². The topological polar surface area (TPSA) is 72.2 Å². The molecule has 1 aliphatic carbocycles. The Kier molecular flexibility index (Phi) is 7.24. The number of benzene rings is 1. The predicted molar refractivity (Wildman–Crippen MR) is 88.8 cm³/mol. The fourth-order valence-electron chi connectivity index (χ4n) is 2.56. The van der Waals surface area contributed by atoms with Gasteiger partial charge in [0.15, 0.2) is 0 Å². The van der Waals surface area contributed by atoms with Crippen molar-refractivity contribution in [2.45, 2.75) is 36.6 Å². The molecule has 0 aliphatic heterocycles. The van der Waals surface area contributed by atoms with E-state index in [1.54, 1.807) is 0 Å². The Morgan fingerprint density at radius 3 is 2.48 bits per heavy atom. The lowest BCUT2D eigenvalue weighted by Crippen LogP contribution is -2.44. The van der Waals surface area contributed by atoms with E-state index in [1.807, 2.05) is 0 Å². The van der Waals surface area contributed by atoms with Crippen molar-refractivity contribution < 1.29 is 8.42 Å². The first kappa shape index (κ1) is 19.0. The van der Waals surface area contributed by atoms with E-state index < -0.39 is 10.0 Å². The summed E-state index contributed by atoms with van der Waals surface area (Å²) in [5.74, 6) is 0.196. The molecule has 0 radical (unpaired) electrons. The van der Waals surface area contributed by atoms with E-state index in [2.05, 4.69) is 4.72 Å². The molecule has 0 heterocycles. The highest BCUT2D eigenvalue weighted by Gasteiger charge is 2.28. The highest BCUT2D eigenvalue weighted by molar-refractivity contribution is 7.89. The van der Waals surface area contributed by atoms with Gasteiger partial charge in [0.2, 0.25) is 10.0 Å². The zero-order valence-corrected chi connectivity index (χ0v) is 14.5. The summed E-state index contributed by atoms with van der Waals surface area (Å²) >= 11 is 11.7. The van der Waals surface area contributed by atoms with Crippen molar-refractivity contribution in [2.75, 3.05) is 6.54 Å². The van der Waals surface area contributed by atoms with Gasteiger partial charge in [-0.1, -0.05) is 36.0 Å². The van der Waals surface area contributed by atoms with Crippen LogP contribution in [0.3, 0.4) is 0 Å². The number of hydrogen-bond acceptors (Lipinski definition) is 3. The zero-order valence-electron chi connectivity index (χ0n) is 11.4. The minimum Gasteiger partial charge on any atom is -0.330 e. The first-order chi connectivity index (χ1) is 9.44. The van der Waals surface area contributed by atoms with Crippen LogP contribution in [0.5, 0.6) is 0 Å². The summed E-state index contributed by atoms with van der Waals surface area (Å²) in [6.45, 7) is 0.495. The van der Waals surface area contributed by atoms with E-state index in [9.17, 15) is 8.42 Å². The second-order valence-corrected chi connectivity index (χ2v) is 7.61. The lowest BCUT2D eigenvalue weighted by atomic mass is 9.85. The lowest BCUT2D eigenvalue weighted by Gasteiger charge is -2.31. The van der Waals surface area contributed by atoms with Crippen LogP contribution in [0.4, 0.5) is 0 Å². The number of halogens is 3. The van der Waals surface area contributed by atoms with Crippen molar-refractivity contribution in [3.05, 3.63) is 28.2 Å². The second kappa shape index (κ2) is 7.99. The van der Waals surface area contributed by atoms with Gasteiger partial charge in [0.05, 0.1) is 14.9 Å². The summed E-state index contributed by atoms with van der Waals surface area (Å²) in [6.07, 6.45) is 3.91. The number of nitrogens with two attached hydrogens (primary N) is 1. The quantitative estimate of drug-likeness (QED) is 0.851. The summed E-state index contributed by atoms with van der Waals surface area (Å²) < 4.78 is 27.5. The first-order valence-electron chi connectivity index (χ1n) is 6.61. The van der Waals surface area contributed by atoms with Crippen LogP contribution in [-0.4, -0.2) is 21.0 Å². The van der Waals surface area contributed by atoms with Gasteiger partial charge in [0.1, 0.15) is 0 Å². The number of hydrogen-bond donors (Lipinski definition) is 2. The molecule has 4 nitrogen and oxygen atoms in total. The normalized spacial score (nSPS) is 22.6. The first-order valence-corrected chi connectivity index (χ1v) is 8.85. The van der Waals surface area contributed by atoms with Crippen LogP contribution in [0.15, 0.2) is 23.1 Å². The Bertz CT molecular complexity index is 581. The Labute approximate surface area is 141 Å². The maximum absolute atomic E-state index is 12.4. The Morgan fingerprint density at radius 2 is 1.86 bits per heavy atom. The monoisotopic (exact) mass is 372 g/mol. The summed E-state index contributed by atoms with van der Waals surface area (Å²) in [4.78, 5) is 0.133. The molecule has 2 atom stereocenters. The molecule has 0 aromatic heterocycles. The fourth-order valence-corrected chi connectivity index (χ4v) is 4.28. The molecule has 1 saturated carbocycles. The molecule has 3 N–H and O–H groups in total. The van der Waals surface area contributed by atoms with Crippen LogP contribution in [0.25, 0.3) is 0 Å². The van der Waals surface area contributed by atoms with Gasteiger partial charge in [-0.15, -0.1) is 12.4 Å². The van der Waals surface area contributed by atoms with Gasteiger partial charge in [0, 0.05) is 6.04 Å². The van der Waals surface area contributed by atoms with Crippen LogP contribution in [0.1, 0.15) is 25.7 Å². The average molecular weight is 374 g/mol. The largest absolute Gasteiger partial charge is 0.330 e. The van der Waals surface area contributed by atoms with Crippen molar-refractivity contribution in [1.82, 2.24) is 4.72 Å². The van der Waals surface area contributed by atoms with Crippen LogP contribution in [-0.2, 0) is 10.0 Å². The van der Waals surface area contributed by atoms with Gasteiger partial charge in [-0.3, -0.25) is 0 Å². The van der Waals surface area contributed by atoms with Crippen molar-refractivity contribution in [2.24, 2.45) is 11.7 Å². The van der Waals surface area contributed by atoms with E-state index in [0.717, 1.165) is 25.7 Å². The minimum atomic E-state index is -3.59. The van der Waals surface area contributed by atoms with E-state index in [0.29, 0.717) is 11.6 Å². The van der Waals surface area contributed by atoms with Crippen molar-refractivity contribution in [3.63, 3.8) is 0 Å². The van der Waals surface area contributed by atoms with Crippen LogP contribution < -0.4 is 10.5 Å². The third-order valence-corrected chi connectivity index (χ3v) is 5.95. The number of nitrogens with one attached hydrogen (secondary N) is 1. The molecule has 1 aliphatic rings. The van der Waals surface area contributed by atoms with Gasteiger partial charge in [-0.05, 0) is 43.5 Å². The predicted octanol–water partition coefficient (Wildman–Crippen LogP) is 3.21. The third kappa shape index (κ3) is 4.71. The molecular formula is C13H19Cl3N2O2S. The van der Waals surface area contributed by atoms with Gasteiger partial charge in [-0.25, -0.2) is 13.1 Å². The molecule has 1 aromatic rings.